The van der Waals surface area contributed by atoms with Crippen LogP contribution in [0.1, 0.15) is 446 Å². The molecule has 12 heteroatoms. The van der Waals surface area contributed by atoms with Crippen LogP contribution in [-0.2, 0) is 49.1 Å². The van der Waals surface area contributed by atoms with Gasteiger partial charge in [-0.1, -0.05) is 377 Å². The summed E-state index contributed by atoms with van der Waals surface area (Å²) in [4.78, 5) is 0. The summed E-state index contributed by atoms with van der Waals surface area (Å²) in [6, 6.07) is 40.3. The Bertz CT molecular complexity index is 3530. The fourth-order valence-corrected chi connectivity index (χ4v) is 19.1. The Hall–Kier alpha value is -4.71. The summed E-state index contributed by atoms with van der Waals surface area (Å²) in [6.07, 6.45) is 52.5. The van der Waals surface area contributed by atoms with E-state index in [2.05, 4.69) is 241 Å². The van der Waals surface area contributed by atoms with E-state index in [1.807, 2.05) is 0 Å². The Kier molecular flexibility index (Phi) is 49.9. The number of benzene rings is 6. The average molecular weight is 1680 g/mol. The lowest BCUT2D eigenvalue weighted by Gasteiger charge is -2.33. The number of rotatable bonds is 65. The van der Waals surface area contributed by atoms with E-state index in [4.69, 9.17) is 40.7 Å². The average Bonchev–Trinajstić information content (AvgIpc) is 0.758. The molecule has 0 radical (unpaired) electrons. The van der Waals surface area contributed by atoms with Gasteiger partial charge in [-0.05, 0) is 212 Å². The Labute approximate surface area is 728 Å². The lowest BCUT2D eigenvalue weighted by atomic mass is 9.74. The van der Waals surface area contributed by atoms with E-state index in [1.165, 1.54) is 251 Å². The predicted octanol–water partition coefficient (Wildman–Crippen LogP) is 35.9. The van der Waals surface area contributed by atoms with Crippen molar-refractivity contribution in [2.75, 3.05) is 19.8 Å². The van der Waals surface area contributed by atoms with Gasteiger partial charge in [-0.15, -0.1) is 0 Å². The maximum absolute atomic E-state index is 7.28. The molecule has 118 heavy (non-hydrogen) atoms. The highest BCUT2D eigenvalue weighted by molar-refractivity contribution is 7.43. The zero-order valence-electron chi connectivity index (χ0n) is 78.6. The second-order valence-corrected chi connectivity index (χ2v) is 40.8. The van der Waals surface area contributed by atoms with Crippen molar-refractivity contribution in [2.45, 2.75) is 436 Å². The Morgan fingerprint density at radius 1 is 0.263 bits per heavy atom. The van der Waals surface area contributed by atoms with Gasteiger partial charge in [0, 0.05) is 22.6 Å². The number of unbranched alkanes of at least 4 members (excludes halogenated alkanes) is 33. The van der Waals surface area contributed by atoms with Crippen molar-refractivity contribution >= 4 is 25.8 Å². The fraction of sp³-hybridized carbons (Fsp3) is 0.660. The number of hydrogen-bond donors (Lipinski definition) is 0. The highest BCUT2D eigenvalue weighted by Crippen LogP contribution is 2.53. The predicted molar refractivity (Wildman–Crippen MR) is 511 cm³/mol. The van der Waals surface area contributed by atoms with Crippen LogP contribution in [0, 0.1) is 20.8 Å². The number of hydrogen-bond acceptors (Lipinski definition) is 9. The summed E-state index contributed by atoms with van der Waals surface area (Å²) in [5.41, 5.74) is 13.7. The minimum Gasteiger partial charge on any atom is -0.426 e. The molecule has 0 aliphatic carbocycles. The van der Waals surface area contributed by atoms with Crippen LogP contribution in [0.3, 0.4) is 0 Å². The summed E-state index contributed by atoms with van der Waals surface area (Å²) in [5.74, 6) is 4.67. The van der Waals surface area contributed by atoms with Gasteiger partial charge in [0.05, 0.1) is 19.8 Å². The van der Waals surface area contributed by atoms with E-state index in [0.29, 0.717) is 19.8 Å². The van der Waals surface area contributed by atoms with E-state index in [9.17, 15) is 0 Å². The molecule has 9 nitrogen and oxygen atoms in total. The van der Waals surface area contributed by atoms with Gasteiger partial charge in [0.2, 0.25) is 0 Å². The van der Waals surface area contributed by atoms with Crippen molar-refractivity contribution in [1.82, 2.24) is 0 Å². The molecule has 0 amide bonds. The van der Waals surface area contributed by atoms with E-state index in [0.717, 1.165) is 127 Å². The molecule has 6 aromatic carbocycles. The quantitative estimate of drug-likeness (QED) is 0.0274. The van der Waals surface area contributed by atoms with Crippen LogP contribution >= 0.6 is 25.8 Å². The first-order valence-corrected chi connectivity index (χ1v) is 51.3. The Balaban J connectivity index is 1.45. The molecule has 0 aliphatic rings. The molecule has 3 atom stereocenters. The summed E-state index contributed by atoms with van der Waals surface area (Å²) in [6.45, 7) is 45.6. The normalized spacial score (nSPS) is 12.9. The molecule has 0 N–H and O–H groups in total. The molecule has 0 aliphatic heterocycles. The molecule has 0 saturated heterocycles. The van der Waals surface area contributed by atoms with Gasteiger partial charge in [-0.3, -0.25) is 4.52 Å². The van der Waals surface area contributed by atoms with Crippen molar-refractivity contribution in [3.05, 3.63) is 176 Å². The fourth-order valence-electron chi connectivity index (χ4n) is 16.1. The topological polar surface area (TPSA) is 83.1 Å². The minimum atomic E-state index is -1.97. The van der Waals surface area contributed by atoms with Crippen LogP contribution in [0.4, 0.5) is 0 Å². The summed E-state index contributed by atoms with van der Waals surface area (Å²) in [5, 5.41) is 0. The van der Waals surface area contributed by atoms with E-state index in [1.54, 1.807) is 0 Å². The molecule has 0 heterocycles. The maximum atomic E-state index is 7.28. The molecule has 0 saturated carbocycles. The number of aryl methyl sites for hydroxylation is 6. The molecule has 0 bridgehead atoms. The third-order valence-electron chi connectivity index (χ3n) is 23.5. The van der Waals surface area contributed by atoms with Crippen LogP contribution in [0.5, 0.6) is 34.5 Å². The third kappa shape index (κ3) is 39.4. The van der Waals surface area contributed by atoms with Gasteiger partial charge >= 0.3 is 25.8 Å². The molecule has 6 aromatic rings. The van der Waals surface area contributed by atoms with E-state index in [-0.39, 0.29) is 28.1 Å². The summed E-state index contributed by atoms with van der Waals surface area (Å²) in [7, 11) is -5.47. The lowest BCUT2D eigenvalue weighted by Crippen LogP contribution is -2.19. The van der Waals surface area contributed by atoms with Gasteiger partial charge in [0.1, 0.15) is 34.5 Å². The standard InChI is InChI=1S/C106H169O9P3/c1-20-26-32-38-44-47-53-59-88-62-68-91(69-63-88)110-117(109-76-58-52-43-37-31-25-6)114-102-80-87(10)96(83-100(102)106(17,18)19)97(95-82-99(105(14,15)16)101(79-86(95)9)113-116(107-74-56-50-41-35-29-23-4)108-75-57-51-42-36-30-24-5)77-84(7)94-81-98(104(11,12)13)103(78-85(94)8)115-118(111-92-70-64-89(65-71-92)60-54-48-45-39-33-27-21-2)112-93-72-66-90(67-73-93)61-55-49-46-40-34-28-22-3/h62-73,78-84,97H,20-61,74-77H2,1-19H3. The first kappa shape index (κ1) is 102. The highest BCUT2D eigenvalue weighted by Gasteiger charge is 2.34. The molecule has 662 valence electrons. The van der Waals surface area contributed by atoms with Crippen molar-refractivity contribution in [3.63, 3.8) is 0 Å². The second kappa shape index (κ2) is 57.7. The third-order valence-corrected chi connectivity index (χ3v) is 26.8. The van der Waals surface area contributed by atoms with Crippen LogP contribution in [0.2, 0.25) is 0 Å². The molecule has 0 fully saturated rings. The molecular weight excluding hydrogens is 1510 g/mol. The Morgan fingerprint density at radius 2 is 0.500 bits per heavy atom. The van der Waals surface area contributed by atoms with Gasteiger partial charge in [0.25, 0.3) is 0 Å². The SMILES string of the molecule is CCCCCCCCCc1ccc(OP(OCCCCCCCC)Oc2cc(C)c(C(CC(C)c3cc(C(C)(C)C)c(OP(Oc4ccc(CCCCCCCCC)cc4)Oc4ccc(CCCCCCCCC)cc4)cc3C)c3cc(C(C)(C)C)c(OP(OCCCCCCCC)OCCCCCCCC)cc3C)cc2C(C)(C)C)cc1. The highest BCUT2D eigenvalue weighted by atomic mass is 31.2. The molecule has 0 spiro atoms. The molecule has 0 aromatic heterocycles. The lowest BCUT2D eigenvalue weighted by molar-refractivity contribution is 0.197. The summed E-state index contributed by atoms with van der Waals surface area (Å²) >= 11 is 0. The van der Waals surface area contributed by atoms with Crippen molar-refractivity contribution < 1.29 is 40.7 Å². The molecule has 6 rings (SSSR count). The zero-order chi connectivity index (χ0) is 85.4. The monoisotopic (exact) mass is 1680 g/mol. The molecular formula is C106H169O9P3. The van der Waals surface area contributed by atoms with Crippen LogP contribution in [0.15, 0.2) is 109 Å². The van der Waals surface area contributed by atoms with Gasteiger partial charge in [0.15, 0.2) is 0 Å². The van der Waals surface area contributed by atoms with Gasteiger partial charge in [-0.25, -0.2) is 0 Å². The van der Waals surface area contributed by atoms with Crippen LogP contribution in [-0.4, -0.2) is 19.8 Å². The zero-order valence-corrected chi connectivity index (χ0v) is 81.3. The van der Waals surface area contributed by atoms with E-state index < -0.39 is 25.8 Å². The first-order chi connectivity index (χ1) is 56.9. The maximum Gasteiger partial charge on any atom is 0.530 e. The van der Waals surface area contributed by atoms with Gasteiger partial charge in [-0.2, -0.15) is 0 Å². The first-order valence-electron chi connectivity index (χ1n) is 48.0. The second-order valence-electron chi connectivity index (χ2n) is 37.6. The van der Waals surface area contributed by atoms with Crippen LogP contribution < -0.4 is 27.1 Å². The van der Waals surface area contributed by atoms with Gasteiger partial charge < -0.3 is 36.2 Å². The molecule has 3 unspecified atom stereocenters. The summed E-state index contributed by atoms with van der Waals surface area (Å²) < 4.78 is 62.8. The van der Waals surface area contributed by atoms with Crippen molar-refractivity contribution in [3.8, 4) is 34.5 Å². The van der Waals surface area contributed by atoms with Crippen LogP contribution in [0.25, 0.3) is 0 Å². The largest absolute Gasteiger partial charge is 0.530 e. The van der Waals surface area contributed by atoms with E-state index >= 15 is 0 Å². The Morgan fingerprint density at radius 3 is 0.797 bits per heavy atom. The van der Waals surface area contributed by atoms with Crippen molar-refractivity contribution in [2.24, 2.45) is 0 Å². The minimum absolute atomic E-state index is 0.0667. The van der Waals surface area contributed by atoms with Crippen molar-refractivity contribution in [1.29, 1.82) is 0 Å². The smallest absolute Gasteiger partial charge is 0.426 e.